The Morgan fingerprint density at radius 1 is 1.53 bits per heavy atom. The fraction of sp³-hybridized carbons (Fsp3) is 0.444. The zero-order chi connectivity index (χ0) is 11.7. The van der Waals surface area contributed by atoms with Gasteiger partial charge in [-0.3, -0.25) is 4.79 Å². The predicted molar refractivity (Wildman–Crippen MR) is 51.3 cm³/mol. The fourth-order valence-electron chi connectivity index (χ4n) is 0.757. The lowest BCUT2D eigenvalue weighted by atomic mass is 10.2. The zero-order valence-corrected chi connectivity index (χ0v) is 8.43. The van der Waals surface area contributed by atoms with Gasteiger partial charge in [0.2, 0.25) is 0 Å². The van der Waals surface area contributed by atoms with Gasteiger partial charge in [-0.2, -0.15) is 4.79 Å². The highest BCUT2D eigenvalue weighted by Gasteiger charge is 2.29. The lowest BCUT2D eigenvalue weighted by Gasteiger charge is -1.97. The number of rotatable bonds is 7. The fourth-order valence-corrected chi connectivity index (χ4v) is 0.757. The van der Waals surface area contributed by atoms with Crippen molar-refractivity contribution in [3.05, 3.63) is 18.2 Å². The molecular weight excluding hydrogens is 200 g/mol. The molecule has 0 atom stereocenters. The Kier molecular flexibility index (Phi) is 6.70. The number of ketones is 1. The first kappa shape index (κ1) is 13.2. The largest absolute Gasteiger partial charge is 0.460 e. The lowest BCUT2D eigenvalue weighted by molar-refractivity contribution is -0.139. The summed E-state index contributed by atoms with van der Waals surface area (Å²) in [5.41, 5.74) is 7.78. The van der Waals surface area contributed by atoms with Gasteiger partial charge in [0.25, 0.3) is 5.78 Å². The van der Waals surface area contributed by atoms with Gasteiger partial charge in [-0.05, 0) is 0 Å². The standard InChI is InChI=1S/C9H12N2O4/c1-3-5-15-6-4-7(12)8(11-10)9(13)14-2/h3H,1,4-6H2,2H3. The summed E-state index contributed by atoms with van der Waals surface area (Å²) in [7, 11) is 1.09. The average molecular weight is 212 g/mol. The van der Waals surface area contributed by atoms with E-state index in [0.29, 0.717) is 6.61 Å². The minimum atomic E-state index is -0.966. The van der Waals surface area contributed by atoms with E-state index in [0.717, 1.165) is 7.11 Å². The summed E-state index contributed by atoms with van der Waals surface area (Å²) in [6.07, 6.45) is 1.48. The van der Waals surface area contributed by atoms with Crippen LogP contribution in [0.2, 0.25) is 0 Å². The molecule has 0 unspecified atom stereocenters. The molecule has 0 aromatic rings. The summed E-state index contributed by atoms with van der Waals surface area (Å²) < 4.78 is 9.18. The Morgan fingerprint density at radius 2 is 2.20 bits per heavy atom. The molecule has 0 saturated carbocycles. The highest BCUT2D eigenvalue weighted by Crippen LogP contribution is 1.90. The van der Waals surface area contributed by atoms with Crippen molar-refractivity contribution in [1.29, 1.82) is 0 Å². The summed E-state index contributed by atoms with van der Waals surface area (Å²) in [5.74, 6) is -1.60. The number of carbonyl (C=O) groups is 2. The molecule has 6 heteroatoms. The second kappa shape index (κ2) is 7.61. The number of hydrogen-bond acceptors (Lipinski definition) is 4. The van der Waals surface area contributed by atoms with E-state index in [1.165, 1.54) is 6.08 Å². The van der Waals surface area contributed by atoms with E-state index < -0.39 is 17.5 Å². The molecule has 0 saturated heterocycles. The highest BCUT2D eigenvalue weighted by atomic mass is 16.5. The number of esters is 1. The van der Waals surface area contributed by atoms with Crippen LogP contribution < -0.4 is 0 Å². The zero-order valence-electron chi connectivity index (χ0n) is 8.43. The second-order valence-corrected chi connectivity index (χ2v) is 2.48. The third kappa shape index (κ3) is 4.85. The van der Waals surface area contributed by atoms with Gasteiger partial charge >= 0.3 is 11.7 Å². The molecule has 15 heavy (non-hydrogen) atoms. The van der Waals surface area contributed by atoms with Gasteiger partial charge in [0, 0.05) is 6.42 Å². The van der Waals surface area contributed by atoms with Crippen molar-refractivity contribution in [2.24, 2.45) is 0 Å². The van der Waals surface area contributed by atoms with Crippen LogP contribution in [0.5, 0.6) is 0 Å². The number of hydrogen-bond donors (Lipinski definition) is 0. The molecular formula is C9H12N2O4. The number of ether oxygens (including phenoxy) is 2. The van der Waals surface area contributed by atoms with E-state index in [4.69, 9.17) is 10.3 Å². The number of carbonyl (C=O) groups excluding carboxylic acids is 2. The van der Waals surface area contributed by atoms with Crippen LogP contribution in [0.3, 0.4) is 0 Å². The third-order valence-corrected chi connectivity index (χ3v) is 1.45. The molecule has 0 rings (SSSR count). The van der Waals surface area contributed by atoms with Crippen molar-refractivity contribution in [3.63, 3.8) is 0 Å². The molecule has 82 valence electrons. The molecule has 0 aliphatic carbocycles. The summed E-state index contributed by atoms with van der Waals surface area (Å²) in [6.45, 7) is 3.86. The molecule has 0 heterocycles. The normalized spacial score (nSPS) is 8.87. The van der Waals surface area contributed by atoms with Crippen LogP contribution >= 0.6 is 0 Å². The summed E-state index contributed by atoms with van der Waals surface area (Å²) in [4.78, 5) is 24.7. The van der Waals surface area contributed by atoms with Gasteiger partial charge in [-0.1, -0.05) is 6.08 Å². The van der Waals surface area contributed by atoms with Gasteiger partial charge in [0.1, 0.15) is 0 Å². The molecule has 0 radical (unpaired) electrons. The second-order valence-electron chi connectivity index (χ2n) is 2.48. The van der Waals surface area contributed by atoms with Crippen molar-refractivity contribution >= 4 is 17.5 Å². The Hall–Kier alpha value is -1.78. The van der Waals surface area contributed by atoms with Crippen molar-refractivity contribution in [2.75, 3.05) is 20.3 Å². The molecule has 0 spiro atoms. The SMILES string of the molecule is C=CCOCCC(=O)C(=[N+]=[N-])C(=O)OC. The van der Waals surface area contributed by atoms with Crippen LogP contribution in [0.15, 0.2) is 12.7 Å². The first-order chi connectivity index (χ1) is 7.17. The van der Waals surface area contributed by atoms with E-state index in [1.54, 1.807) is 0 Å². The minimum Gasteiger partial charge on any atom is -0.460 e. The van der Waals surface area contributed by atoms with E-state index in [1.807, 2.05) is 0 Å². The van der Waals surface area contributed by atoms with Crippen molar-refractivity contribution < 1.29 is 23.9 Å². The van der Waals surface area contributed by atoms with Gasteiger partial charge in [-0.25, -0.2) is 4.79 Å². The monoisotopic (exact) mass is 212 g/mol. The first-order valence-electron chi connectivity index (χ1n) is 4.19. The average Bonchev–Trinajstić information content (AvgIpc) is 2.25. The minimum absolute atomic E-state index is 0.0532. The van der Waals surface area contributed by atoms with Crippen LogP contribution in [0.25, 0.3) is 5.53 Å². The molecule has 0 aromatic heterocycles. The quantitative estimate of drug-likeness (QED) is 0.113. The summed E-state index contributed by atoms with van der Waals surface area (Å²) in [5, 5.41) is 0. The number of nitrogens with zero attached hydrogens (tertiary/aromatic N) is 2. The smallest absolute Gasteiger partial charge is 0.441 e. The number of Topliss-reactive ketones (excluding diaryl/α,β-unsaturated/α-hetero) is 1. The Labute approximate surface area is 87.1 Å². The van der Waals surface area contributed by atoms with Crippen LogP contribution in [0, 0.1) is 0 Å². The van der Waals surface area contributed by atoms with Crippen molar-refractivity contribution in [2.45, 2.75) is 6.42 Å². The molecule has 0 N–H and O–H groups in total. The van der Waals surface area contributed by atoms with E-state index in [9.17, 15) is 9.59 Å². The van der Waals surface area contributed by atoms with Crippen LogP contribution in [0.1, 0.15) is 6.42 Å². The van der Waals surface area contributed by atoms with E-state index >= 15 is 0 Å². The molecule has 0 amide bonds. The van der Waals surface area contributed by atoms with E-state index in [2.05, 4.69) is 16.1 Å². The molecule has 0 fully saturated rings. The Balaban J connectivity index is 4.13. The maximum atomic E-state index is 11.2. The van der Waals surface area contributed by atoms with Crippen LogP contribution in [-0.2, 0) is 19.1 Å². The summed E-state index contributed by atoms with van der Waals surface area (Å²) >= 11 is 0. The maximum absolute atomic E-state index is 11.2. The molecule has 0 aliphatic heterocycles. The van der Waals surface area contributed by atoms with Crippen molar-refractivity contribution in [3.8, 4) is 0 Å². The van der Waals surface area contributed by atoms with Crippen LogP contribution in [0.4, 0.5) is 0 Å². The topological polar surface area (TPSA) is 89.0 Å². The maximum Gasteiger partial charge on any atom is 0.441 e. The number of methoxy groups -OCH3 is 1. The van der Waals surface area contributed by atoms with Gasteiger partial charge in [0.15, 0.2) is 0 Å². The Bertz CT molecular complexity index is 305. The van der Waals surface area contributed by atoms with E-state index in [-0.39, 0.29) is 13.0 Å². The van der Waals surface area contributed by atoms with Crippen LogP contribution in [-0.4, -0.2) is 42.6 Å². The van der Waals surface area contributed by atoms with Gasteiger partial charge in [-0.15, -0.1) is 6.58 Å². The highest BCUT2D eigenvalue weighted by molar-refractivity contribution is 6.62. The predicted octanol–water partition coefficient (Wildman–Crippen LogP) is -0.00800. The molecule has 6 nitrogen and oxygen atoms in total. The third-order valence-electron chi connectivity index (χ3n) is 1.45. The Morgan fingerprint density at radius 3 is 2.67 bits per heavy atom. The molecule has 0 aliphatic rings. The molecule has 0 aromatic carbocycles. The molecule has 0 bridgehead atoms. The summed E-state index contributed by atoms with van der Waals surface area (Å²) in [6, 6.07) is 0. The van der Waals surface area contributed by atoms with Gasteiger partial charge < -0.3 is 15.0 Å². The van der Waals surface area contributed by atoms with Gasteiger partial charge in [0.05, 0.1) is 20.3 Å². The van der Waals surface area contributed by atoms with Crippen molar-refractivity contribution in [1.82, 2.24) is 0 Å². The lowest BCUT2D eigenvalue weighted by Crippen LogP contribution is -2.27. The first-order valence-corrected chi connectivity index (χ1v) is 4.19.